The average molecular weight is 309 g/mol. The topological polar surface area (TPSA) is 63.5 Å². The molecule has 0 aliphatic heterocycles. The molecule has 2 aromatic heterocycles. The fraction of sp³-hybridized carbons (Fsp3) is 0. The zero-order valence-corrected chi connectivity index (χ0v) is 11.3. The summed E-state index contributed by atoms with van der Waals surface area (Å²) in [6.07, 6.45) is 3.13. The molecule has 0 bridgehead atoms. The van der Waals surface area contributed by atoms with Gasteiger partial charge in [0.1, 0.15) is 16.5 Å². The van der Waals surface area contributed by atoms with E-state index in [1.54, 1.807) is 29.0 Å². The van der Waals surface area contributed by atoms with Crippen LogP contribution in [0.15, 0.2) is 53.7 Å². The normalized spacial score (nSPS) is 11.7. The molecular weight excluding hydrogens is 300 g/mol. The maximum Gasteiger partial charge on any atom is 0.264 e. The molecule has 108 valence electrons. The van der Waals surface area contributed by atoms with Gasteiger partial charge in [-0.15, -0.1) is 0 Å². The first-order chi connectivity index (χ1) is 9.95. The average Bonchev–Trinajstić information content (AvgIpc) is 2.85. The van der Waals surface area contributed by atoms with E-state index in [1.165, 1.54) is 6.07 Å². The Labute approximate surface area is 118 Å². The summed E-state index contributed by atoms with van der Waals surface area (Å²) in [6, 6.07) is 7.01. The second-order valence-electron chi connectivity index (χ2n) is 4.30. The number of aromatic nitrogens is 2. The van der Waals surface area contributed by atoms with E-state index in [9.17, 15) is 17.2 Å². The Balaban J connectivity index is 1.98. The van der Waals surface area contributed by atoms with Gasteiger partial charge in [-0.1, -0.05) is 0 Å². The molecule has 0 atom stereocenters. The van der Waals surface area contributed by atoms with E-state index in [2.05, 4.69) is 9.82 Å². The van der Waals surface area contributed by atoms with Crippen molar-refractivity contribution in [3.8, 4) is 0 Å². The van der Waals surface area contributed by atoms with Gasteiger partial charge in [0, 0.05) is 18.5 Å². The quantitative estimate of drug-likeness (QED) is 0.808. The van der Waals surface area contributed by atoms with Crippen LogP contribution in [0.25, 0.3) is 5.52 Å². The fourth-order valence-electron chi connectivity index (χ4n) is 1.89. The fourth-order valence-corrected chi connectivity index (χ4v) is 3.00. The maximum atomic E-state index is 13.6. The second-order valence-corrected chi connectivity index (χ2v) is 5.95. The Morgan fingerprint density at radius 1 is 1.10 bits per heavy atom. The molecule has 3 rings (SSSR count). The van der Waals surface area contributed by atoms with Crippen molar-refractivity contribution in [2.45, 2.75) is 4.90 Å². The van der Waals surface area contributed by atoms with Gasteiger partial charge in [0.2, 0.25) is 0 Å². The predicted octanol–water partition coefficient (Wildman–Crippen LogP) is 2.41. The van der Waals surface area contributed by atoms with E-state index in [4.69, 9.17) is 0 Å². The smallest absolute Gasteiger partial charge is 0.264 e. The van der Waals surface area contributed by atoms with Crippen LogP contribution in [-0.2, 0) is 10.0 Å². The third-order valence-corrected chi connectivity index (χ3v) is 4.25. The first-order valence-electron chi connectivity index (χ1n) is 5.87. The molecule has 8 heteroatoms. The van der Waals surface area contributed by atoms with E-state index >= 15 is 0 Å². The lowest BCUT2D eigenvalue weighted by Crippen LogP contribution is -2.14. The van der Waals surface area contributed by atoms with Gasteiger partial charge in [0.25, 0.3) is 10.0 Å². The van der Waals surface area contributed by atoms with Crippen LogP contribution in [0.2, 0.25) is 0 Å². The summed E-state index contributed by atoms with van der Waals surface area (Å²) in [6.45, 7) is 0. The van der Waals surface area contributed by atoms with Gasteiger partial charge in [-0.3, -0.25) is 4.72 Å². The van der Waals surface area contributed by atoms with Crippen molar-refractivity contribution in [1.82, 2.24) is 9.61 Å². The molecule has 0 unspecified atom stereocenters. The van der Waals surface area contributed by atoms with Crippen LogP contribution in [0, 0.1) is 11.6 Å². The monoisotopic (exact) mass is 309 g/mol. The molecule has 1 aromatic carbocycles. The Hall–Kier alpha value is -2.48. The molecular formula is C13H9F2N3O2S. The molecule has 0 aliphatic carbocycles. The number of halogens is 2. The Morgan fingerprint density at radius 2 is 1.90 bits per heavy atom. The number of sulfonamides is 1. The molecule has 21 heavy (non-hydrogen) atoms. The molecule has 5 nitrogen and oxygen atoms in total. The number of anilines is 1. The minimum atomic E-state index is -4.13. The number of nitrogens with zero attached hydrogens (tertiary/aromatic N) is 2. The lowest BCUT2D eigenvalue weighted by atomic mass is 10.3. The summed E-state index contributed by atoms with van der Waals surface area (Å²) in [4.78, 5) is -0.614. The minimum absolute atomic E-state index is 0.256. The predicted molar refractivity (Wildman–Crippen MR) is 72.4 cm³/mol. The molecule has 2 heterocycles. The van der Waals surface area contributed by atoms with E-state index in [1.807, 2.05) is 0 Å². The summed E-state index contributed by atoms with van der Waals surface area (Å²) in [7, 11) is -4.13. The molecule has 0 amide bonds. The van der Waals surface area contributed by atoms with Gasteiger partial charge < -0.3 is 0 Å². The molecule has 0 saturated carbocycles. The number of pyridine rings is 1. The van der Waals surface area contributed by atoms with Gasteiger partial charge in [-0.25, -0.2) is 21.7 Å². The summed E-state index contributed by atoms with van der Waals surface area (Å²) >= 11 is 0. The summed E-state index contributed by atoms with van der Waals surface area (Å²) < 4.78 is 54.4. The highest BCUT2D eigenvalue weighted by atomic mass is 32.2. The van der Waals surface area contributed by atoms with Gasteiger partial charge in [-0.2, -0.15) is 5.10 Å². The SMILES string of the molecule is O=S(=O)(Nc1ccn2nccc2c1)c1ccc(F)cc1F. The molecule has 1 N–H and O–H groups in total. The van der Waals surface area contributed by atoms with Crippen LogP contribution < -0.4 is 4.72 Å². The molecule has 3 aromatic rings. The Morgan fingerprint density at radius 3 is 2.67 bits per heavy atom. The highest BCUT2D eigenvalue weighted by Gasteiger charge is 2.19. The van der Waals surface area contributed by atoms with Crippen LogP contribution in [-0.4, -0.2) is 18.0 Å². The largest absolute Gasteiger partial charge is 0.279 e. The molecule has 0 radical (unpaired) electrons. The summed E-state index contributed by atoms with van der Waals surface area (Å²) in [5.41, 5.74) is 0.932. The molecule has 0 fully saturated rings. The van der Waals surface area contributed by atoms with Crippen molar-refractivity contribution in [3.05, 3.63) is 60.4 Å². The van der Waals surface area contributed by atoms with E-state index in [0.29, 0.717) is 11.6 Å². The van der Waals surface area contributed by atoms with Crippen molar-refractivity contribution >= 4 is 21.2 Å². The first-order valence-corrected chi connectivity index (χ1v) is 7.35. The van der Waals surface area contributed by atoms with Gasteiger partial charge in [-0.05, 0) is 30.3 Å². The van der Waals surface area contributed by atoms with Gasteiger partial charge >= 0.3 is 0 Å². The van der Waals surface area contributed by atoms with E-state index in [-0.39, 0.29) is 5.69 Å². The molecule has 0 spiro atoms. The number of fused-ring (bicyclic) bond motifs is 1. The second kappa shape index (κ2) is 4.81. The van der Waals surface area contributed by atoms with Crippen LogP contribution >= 0.6 is 0 Å². The highest BCUT2D eigenvalue weighted by Crippen LogP contribution is 2.20. The van der Waals surface area contributed by atoms with Crippen LogP contribution in [0.3, 0.4) is 0 Å². The van der Waals surface area contributed by atoms with Gasteiger partial charge in [0.05, 0.1) is 11.2 Å². The van der Waals surface area contributed by atoms with Crippen molar-refractivity contribution in [2.75, 3.05) is 4.72 Å². The Bertz CT molecular complexity index is 922. The van der Waals surface area contributed by atoms with Crippen LogP contribution in [0.4, 0.5) is 14.5 Å². The van der Waals surface area contributed by atoms with E-state index in [0.717, 1.165) is 12.1 Å². The number of rotatable bonds is 3. The number of hydrogen-bond donors (Lipinski definition) is 1. The lowest BCUT2D eigenvalue weighted by Gasteiger charge is -2.09. The molecule has 0 saturated heterocycles. The maximum absolute atomic E-state index is 13.6. The number of benzene rings is 1. The zero-order chi connectivity index (χ0) is 15.0. The highest BCUT2D eigenvalue weighted by molar-refractivity contribution is 7.92. The van der Waals surface area contributed by atoms with Crippen LogP contribution in [0.1, 0.15) is 0 Å². The summed E-state index contributed by atoms with van der Waals surface area (Å²) in [5.74, 6) is -1.99. The standard InChI is InChI=1S/C13H9F2N3O2S/c14-9-1-2-13(12(15)7-9)21(19,20)17-10-4-6-18-11(8-10)3-5-16-18/h1-8,17H. The number of hydrogen-bond acceptors (Lipinski definition) is 3. The third kappa shape index (κ3) is 2.57. The molecule has 0 aliphatic rings. The zero-order valence-electron chi connectivity index (χ0n) is 10.5. The third-order valence-electron chi connectivity index (χ3n) is 2.84. The van der Waals surface area contributed by atoms with Crippen molar-refractivity contribution in [2.24, 2.45) is 0 Å². The van der Waals surface area contributed by atoms with Crippen molar-refractivity contribution in [1.29, 1.82) is 0 Å². The minimum Gasteiger partial charge on any atom is -0.279 e. The first kappa shape index (κ1) is 13.5. The van der Waals surface area contributed by atoms with Crippen molar-refractivity contribution in [3.63, 3.8) is 0 Å². The Kier molecular flexibility index (Phi) is 3.09. The van der Waals surface area contributed by atoms with Gasteiger partial charge in [0.15, 0.2) is 0 Å². The van der Waals surface area contributed by atoms with Crippen molar-refractivity contribution < 1.29 is 17.2 Å². The van der Waals surface area contributed by atoms with E-state index < -0.39 is 26.6 Å². The van der Waals surface area contributed by atoms with Crippen LogP contribution in [0.5, 0.6) is 0 Å². The lowest BCUT2D eigenvalue weighted by molar-refractivity contribution is 0.551. The number of nitrogens with one attached hydrogen (secondary N) is 1. The summed E-state index contributed by atoms with van der Waals surface area (Å²) in [5, 5.41) is 3.98.